The van der Waals surface area contributed by atoms with Gasteiger partial charge in [-0.2, -0.15) is 0 Å². The van der Waals surface area contributed by atoms with E-state index >= 15 is 0 Å². The van der Waals surface area contributed by atoms with Gasteiger partial charge < -0.3 is 5.11 Å². The molecule has 2 rings (SSSR count). The van der Waals surface area contributed by atoms with Crippen molar-refractivity contribution in [2.75, 3.05) is 0 Å². The first kappa shape index (κ1) is 11.6. The first-order valence-corrected chi connectivity index (χ1v) is 5.97. The van der Waals surface area contributed by atoms with E-state index in [1.165, 1.54) is 6.08 Å². The third-order valence-electron chi connectivity index (χ3n) is 2.03. The van der Waals surface area contributed by atoms with Crippen LogP contribution >= 0.6 is 31.9 Å². The molecule has 0 aliphatic carbocycles. The first-order chi connectivity index (χ1) is 7.56. The molecule has 1 aromatic carbocycles. The number of carbonyl (C=O) groups is 1. The molecule has 1 atom stereocenters. The Morgan fingerprint density at radius 2 is 1.94 bits per heavy atom. The summed E-state index contributed by atoms with van der Waals surface area (Å²) in [6.45, 7) is 0. The van der Waals surface area contributed by atoms with Gasteiger partial charge >= 0.3 is 5.97 Å². The second-order valence-corrected chi connectivity index (χ2v) is 5.05. The molecule has 1 aliphatic heterocycles. The lowest BCUT2D eigenvalue weighted by Crippen LogP contribution is -2.20. The normalized spacial score (nSPS) is 19.1. The van der Waals surface area contributed by atoms with Gasteiger partial charge in [0.25, 0.3) is 0 Å². The highest BCUT2D eigenvalue weighted by molar-refractivity contribution is 9.11. The number of benzene rings is 1. The average molecular weight is 349 g/mol. The monoisotopic (exact) mass is 347 g/mol. The van der Waals surface area contributed by atoms with Crippen LogP contribution in [0.3, 0.4) is 0 Å². The molecule has 0 aromatic heterocycles. The van der Waals surface area contributed by atoms with Crippen molar-refractivity contribution in [2.24, 2.45) is 0 Å². The number of carboxylic acids is 1. The van der Waals surface area contributed by atoms with E-state index < -0.39 is 12.1 Å². The molecule has 0 saturated carbocycles. The summed E-state index contributed by atoms with van der Waals surface area (Å²) in [6.07, 6.45) is 0.587. The highest BCUT2D eigenvalue weighted by atomic mass is 79.9. The van der Waals surface area contributed by atoms with Crippen LogP contribution in [-0.4, -0.2) is 17.2 Å². The fraction of sp³-hybridized carbons (Fsp3) is 0.100. The van der Waals surface area contributed by atoms with Crippen molar-refractivity contribution in [1.29, 1.82) is 0 Å². The number of hydroxylamine groups is 1. The van der Waals surface area contributed by atoms with Crippen molar-refractivity contribution in [3.8, 4) is 0 Å². The molecule has 0 spiro atoms. The fourth-order valence-corrected chi connectivity index (χ4v) is 2.63. The largest absolute Gasteiger partial charge is 0.479 e. The first-order valence-electron chi connectivity index (χ1n) is 4.39. The summed E-state index contributed by atoms with van der Waals surface area (Å²) in [4.78, 5) is 15.6. The Labute approximate surface area is 109 Å². The van der Waals surface area contributed by atoms with Gasteiger partial charge in [-0.05, 0) is 24.3 Å². The third-order valence-corrected chi connectivity index (χ3v) is 2.95. The van der Waals surface area contributed by atoms with Gasteiger partial charge in [0.1, 0.15) is 0 Å². The van der Waals surface area contributed by atoms with Crippen molar-refractivity contribution >= 4 is 43.5 Å². The van der Waals surface area contributed by atoms with Crippen LogP contribution in [0.25, 0.3) is 5.70 Å². The van der Waals surface area contributed by atoms with E-state index in [1.54, 1.807) is 0 Å². The zero-order valence-corrected chi connectivity index (χ0v) is 11.1. The zero-order chi connectivity index (χ0) is 11.7. The second kappa shape index (κ2) is 4.57. The Morgan fingerprint density at radius 3 is 2.44 bits per heavy atom. The quantitative estimate of drug-likeness (QED) is 0.862. The topological polar surface area (TPSA) is 58.6 Å². The van der Waals surface area contributed by atoms with Crippen LogP contribution in [0.5, 0.6) is 0 Å². The van der Waals surface area contributed by atoms with Gasteiger partial charge in [0.05, 0.1) is 5.70 Å². The second-order valence-electron chi connectivity index (χ2n) is 3.22. The van der Waals surface area contributed by atoms with Gasteiger partial charge in [-0.1, -0.05) is 31.9 Å². The molecule has 1 aliphatic rings. The summed E-state index contributed by atoms with van der Waals surface area (Å²) >= 11 is 6.72. The summed E-state index contributed by atoms with van der Waals surface area (Å²) in [5.74, 6) is -1.02. The summed E-state index contributed by atoms with van der Waals surface area (Å²) in [5.41, 5.74) is 4.10. The highest BCUT2D eigenvalue weighted by Crippen LogP contribution is 2.26. The van der Waals surface area contributed by atoms with E-state index in [0.29, 0.717) is 5.70 Å². The Morgan fingerprint density at radius 1 is 1.31 bits per heavy atom. The van der Waals surface area contributed by atoms with Gasteiger partial charge in [0, 0.05) is 14.5 Å². The van der Waals surface area contributed by atoms with E-state index in [0.717, 1.165) is 14.5 Å². The standard InChI is InChI=1S/C10H7Br2NO3/c11-6-1-5(2-7(12)3-6)8-4-9(10(14)15)16-13-8/h1-4,9,13H,(H,14,15). The van der Waals surface area contributed by atoms with E-state index in [9.17, 15) is 4.79 Å². The van der Waals surface area contributed by atoms with Crippen LogP contribution in [0, 0.1) is 0 Å². The summed E-state index contributed by atoms with van der Waals surface area (Å²) < 4.78 is 1.80. The number of nitrogens with one attached hydrogen (secondary N) is 1. The molecule has 1 unspecified atom stereocenters. The van der Waals surface area contributed by atoms with Crippen LogP contribution < -0.4 is 5.48 Å². The Kier molecular flexibility index (Phi) is 3.32. The van der Waals surface area contributed by atoms with Crippen LogP contribution in [0.4, 0.5) is 0 Å². The van der Waals surface area contributed by atoms with Crippen molar-refractivity contribution in [3.63, 3.8) is 0 Å². The van der Waals surface area contributed by atoms with Crippen molar-refractivity contribution in [1.82, 2.24) is 5.48 Å². The molecule has 1 heterocycles. The number of rotatable bonds is 2. The molecule has 0 bridgehead atoms. The maximum absolute atomic E-state index is 10.7. The molecule has 0 amide bonds. The minimum absolute atomic E-state index is 0.648. The molecule has 16 heavy (non-hydrogen) atoms. The Bertz CT molecular complexity index is 453. The minimum Gasteiger partial charge on any atom is -0.479 e. The predicted molar refractivity (Wildman–Crippen MR) is 65.5 cm³/mol. The predicted octanol–water partition coefficient (Wildman–Crippen LogP) is 2.54. The SMILES string of the molecule is O=C(O)C1C=C(c2cc(Br)cc(Br)c2)NO1. The van der Waals surface area contributed by atoms with Crippen molar-refractivity contribution in [3.05, 3.63) is 38.8 Å². The van der Waals surface area contributed by atoms with Gasteiger partial charge in [0.2, 0.25) is 6.10 Å². The lowest BCUT2D eigenvalue weighted by atomic mass is 10.1. The van der Waals surface area contributed by atoms with Crippen LogP contribution in [-0.2, 0) is 9.63 Å². The van der Waals surface area contributed by atoms with Gasteiger partial charge in [0.15, 0.2) is 0 Å². The molecule has 0 fully saturated rings. The summed E-state index contributed by atoms with van der Waals surface area (Å²) in [7, 11) is 0. The molecule has 6 heteroatoms. The van der Waals surface area contributed by atoms with Crippen LogP contribution in [0.2, 0.25) is 0 Å². The molecule has 2 N–H and O–H groups in total. The molecule has 0 saturated heterocycles. The molecular weight excluding hydrogens is 342 g/mol. The number of hydrogen-bond donors (Lipinski definition) is 2. The zero-order valence-electron chi connectivity index (χ0n) is 7.91. The average Bonchev–Trinajstić information content (AvgIpc) is 2.64. The van der Waals surface area contributed by atoms with Crippen LogP contribution in [0.15, 0.2) is 33.2 Å². The van der Waals surface area contributed by atoms with E-state index in [4.69, 9.17) is 9.94 Å². The molecule has 84 valence electrons. The maximum atomic E-state index is 10.7. The fourth-order valence-electron chi connectivity index (χ4n) is 1.33. The van der Waals surface area contributed by atoms with E-state index in [-0.39, 0.29) is 0 Å². The summed E-state index contributed by atoms with van der Waals surface area (Å²) in [5, 5.41) is 8.76. The molecule has 0 radical (unpaired) electrons. The Balaban J connectivity index is 2.32. The molecule has 1 aromatic rings. The van der Waals surface area contributed by atoms with Crippen molar-refractivity contribution < 1.29 is 14.7 Å². The lowest BCUT2D eigenvalue weighted by molar-refractivity contribution is -0.148. The number of hydrogen-bond acceptors (Lipinski definition) is 3. The summed E-state index contributed by atoms with van der Waals surface area (Å²) in [6, 6.07) is 5.64. The van der Waals surface area contributed by atoms with Gasteiger partial charge in [-0.25, -0.2) is 4.79 Å². The number of aliphatic carboxylic acids is 1. The van der Waals surface area contributed by atoms with Crippen LogP contribution in [0.1, 0.15) is 5.56 Å². The number of halogens is 2. The van der Waals surface area contributed by atoms with E-state index in [1.807, 2.05) is 18.2 Å². The number of carboxylic acid groups (broad SMARTS) is 1. The lowest BCUT2D eigenvalue weighted by Gasteiger charge is -2.04. The van der Waals surface area contributed by atoms with Gasteiger partial charge in [-0.15, -0.1) is 0 Å². The smallest absolute Gasteiger partial charge is 0.339 e. The highest BCUT2D eigenvalue weighted by Gasteiger charge is 2.23. The third kappa shape index (κ3) is 2.45. The molecule has 4 nitrogen and oxygen atoms in total. The maximum Gasteiger partial charge on any atom is 0.339 e. The molecular formula is C10H7Br2NO3. The van der Waals surface area contributed by atoms with Crippen molar-refractivity contribution in [2.45, 2.75) is 6.10 Å². The van der Waals surface area contributed by atoms with E-state index in [2.05, 4.69) is 37.3 Å². The minimum atomic E-state index is -1.02. The Hall–Kier alpha value is -0.850. The van der Waals surface area contributed by atoms with Gasteiger partial charge in [-0.3, -0.25) is 10.3 Å².